The van der Waals surface area contributed by atoms with Gasteiger partial charge in [0.2, 0.25) is 10.0 Å². The highest BCUT2D eigenvalue weighted by Gasteiger charge is 2.24. The van der Waals surface area contributed by atoms with Crippen molar-refractivity contribution in [1.82, 2.24) is 14.3 Å². The van der Waals surface area contributed by atoms with E-state index >= 15 is 0 Å². The molecular formula is C13H23N5O2S. The van der Waals surface area contributed by atoms with Crippen molar-refractivity contribution < 1.29 is 8.42 Å². The zero-order valence-corrected chi connectivity index (χ0v) is 13.7. The van der Waals surface area contributed by atoms with Crippen molar-refractivity contribution in [3.63, 3.8) is 0 Å². The van der Waals surface area contributed by atoms with Crippen LogP contribution < -0.4 is 10.2 Å². The van der Waals surface area contributed by atoms with Gasteiger partial charge in [0.15, 0.2) is 0 Å². The molecule has 2 rings (SSSR count). The predicted octanol–water partition coefficient (Wildman–Crippen LogP) is 0.552. The summed E-state index contributed by atoms with van der Waals surface area (Å²) in [7, 11) is -1.26. The van der Waals surface area contributed by atoms with E-state index in [2.05, 4.69) is 27.1 Å². The fraction of sp³-hybridized carbons (Fsp3) is 0.692. The van der Waals surface area contributed by atoms with E-state index in [9.17, 15) is 8.42 Å². The monoisotopic (exact) mass is 313 g/mol. The van der Waals surface area contributed by atoms with Crippen LogP contribution in [0, 0.1) is 0 Å². The average Bonchev–Trinajstić information content (AvgIpc) is 2.46. The predicted molar refractivity (Wildman–Crippen MR) is 84.2 cm³/mol. The molecule has 0 amide bonds. The Morgan fingerprint density at radius 2 is 1.90 bits per heavy atom. The topological polar surface area (TPSA) is 78.4 Å². The summed E-state index contributed by atoms with van der Waals surface area (Å²) in [5.74, 6) is 2.49. The average molecular weight is 313 g/mol. The van der Waals surface area contributed by atoms with E-state index < -0.39 is 10.0 Å². The van der Waals surface area contributed by atoms with Gasteiger partial charge in [-0.05, 0) is 6.42 Å². The summed E-state index contributed by atoms with van der Waals surface area (Å²) < 4.78 is 24.6. The van der Waals surface area contributed by atoms with Crippen molar-refractivity contribution in [3.05, 3.63) is 11.9 Å². The van der Waals surface area contributed by atoms with E-state index in [0.29, 0.717) is 26.2 Å². The zero-order chi connectivity index (χ0) is 15.5. The van der Waals surface area contributed by atoms with Gasteiger partial charge in [-0.3, -0.25) is 0 Å². The van der Waals surface area contributed by atoms with Crippen molar-refractivity contribution in [1.29, 1.82) is 0 Å². The van der Waals surface area contributed by atoms with Crippen molar-refractivity contribution in [2.45, 2.75) is 19.8 Å². The van der Waals surface area contributed by atoms with Crippen LogP contribution in [0.2, 0.25) is 0 Å². The number of nitrogens with one attached hydrogen (secondary N) is 1. The van der Waals surface area contributed by atoms with Crippen LogP contribution in [-0.2, 0) is 16.4 Å². The number of nitrogens with zero attached hydrogens (tertiary/aromatic N) is 4. The summed E-state index contributed by atoms with van der Waals surface area (Å²) in [5.41, 5.74) is 0. The van der Waals surface area contributed by atoms with Crippen LogP contribution in [0.15, 0.2) is 6.07 Å². The minimum atomic E-state index is -3.10. The molecule has 8 heteroatoms. The summed E-state index contributed by atoms with van der Waals surface area (Å²) in [5, 5.41) is 3.05. The number of hydrogen-bond acceptors (Lipinski definition) is 6. The molecular weight excluding hydrogens is 290 g/mol. The lowest BCUT2D eigenvalue weighted by Crippen LogP contribution is -2.48. The fourth-order valence-corrected chi connectivity index (χ4v) is 3.18. The van der Waals surface area contributed by atoms with Gasteiger partial charge in [0.25, 0.3) is 0 Å². The molecule has 1 N–H and O–H groups in total. The van der Waals surface area contributed by atoms with Crippen LogP contribution in [0.3, 0.4) is 0 Å². The van der Waals surface area contributed by atoms with Gasteiger partial charge in [-0.15, -0.1) is 0 Å². The van der Waals surface area contributed by atoms with E-state index in [-0.39, 0.29) is 0 Å². The van der Waals surface area contributed by atoms with E-state index in [0.717, 1.165) is 30.3 Å². The maximum atomic E-state index is 11.5. The third kappa shape index (κ3) is 4.04. The zero-order valence-electron chi connectivity index (χ0n) is 12.8. The summed E-state index contributed by atoms with van der Waals surface area (Å²) in [6.07, 6.45) is 3.09. The Hall–Kier alpha value is -1.41. The SMILES string of the molecule is CCCc1nc(NC)cc(N2CCN(S(C)(=O)=O)CC2)n1. The summed E-state index contributed by atoms with van der Waals surface area (Å²) in [6.45, 7) is 4.40. The molecule has 1 fully saturated rings. The molecule has 0 radical (unpaired) electrons. The van der Waals surface area contributed by atoms with E-state index in [1.807, 2.05) is 13.1 Å². The summed E-state index contributed by atoms with van der Waals surface area (Å²) in [6, 6.07) is 1.91. The van der Waals surface area contributed by atoms with Crippen LogP contribution in [0.5, 0.6) is 0 Å². The molecule has 1 aromatic heterocycles. The van der Waals surface area contributed by atoms with Gasteiger partial charge in [-0.1, -0.05) is 6.92 Å². The molecule has 0 atom stereocenters. The number of hydrogen-bond donors (Lipinski definition) is 1. The third-order valence-corrected chi connectivity index (χ3v) is 4.82. The molecule has 1 aliphatic heterocycles. The first-order valence-corrected chi connectivity index (χ1v) is 9.04. The third-order valence-electron chi connectivity index (χ3n) is 3.52. The maximum Gasteiger partial charge on any atom is 0.211 e. The Balaban J connectivity index is 2.14. The van der Waals surface area contributed by atoms with Crippen LogP contribution >= 0.6 is 0 Å². The standard InChI is InChI=1S/C13H23N5O2S/c1-4-5-11-15-12(14-2)10-13(16-11)17-6-8-18(9-7-17)21(3,19)20/h10H,4-9H2,1-3H3,(H,14,15,16). The maximum absolute atomic E-state index is 11.5. The first-order chi connectivity index (χ1) is 9.94. The second kappa shape index (κ2) is 6.57. The highest BCUT2D eigenvalue weighted by atomic mass is 32.2. The number of aromatic nitrogens is 2. The Morgan fingerprint density at radius 1 is 1.24 bits per heavy atom. The Morgan fingerprint density at radius 3 is 2.43 bits per heavy atom. The summed E-state index contributed by atoms with van der Waals surface area (Å²) in [4.78, 5) is 11.1. The van der Waals surface area contributed by atoms with Crippen LogP contribution in [0.4, 0.5) is 11.6 Å². The number of rotatable bonds is 5. The minimum absolute atomic E-state index is 0.501. The van der Waals surface area contributed by atoms with Gasteiger partial charge in [0, 0.05) is 45.7 Å². The second-order valence-corrected chi connectivity index (χ2v) is 7.16. The Kier molecular flexibility index (Phi) is 5.00. The van der Waals surface area contributed by atoms with Crippen molar-refractivity contribution in [2.75, 3.05) is 49.7 Å². The fourth-order valence-electron chi connectivity index (χ4n) is 2.36. The van der Waals surface area contributed by atoms with E-state index in [1.165, 1.54) is 10.6 Å². The molecule has 0 bridgehead atoms. The van der Waals surface area contributed by atoms with E-state index in [1.54, 1.807) is 0 Å². The van der Waals surface area contributed by atoms with Crippen molar-refractivity contribution in [3.8, 4) is 0 Å². The lowest BCUT2D eigenvalue weighted by molar-refractivity contribution is 0.387. The number of sulfonamides is 1. The molecule has 21 heavy (non-hydrogen) atoms. The molecule has 1 aliphatic rings. The van der Waals surface area contributed by atoms with Gasteiger partial charge in [-0.2, -0.15) is 4.31 Å². The number of piperazine rings is 1. The van der Waals surface area contributed by atoms with Gasteiger partial charge in [-0.25, -0.2) is 18.4 Å². The van der Waals surface area contributed by atoms with Crippen LogP contribution in [0.1, 0.15) is 19.2 Å². The van der Waals surface area contributed by atoms with Gasteiger partial charge >= 0.3 is 0 Å². The molecule has 118 valence electrons. The van der Waals surface area contributed by atoms with Gasteiger partial charge in [0.05, 0.1) is 6.26 Å². The minimum Gasteiger partial charge on any atom is -0.373 e. The van der Waals surface area contributed by atoms with Crippen LogP contribution in [0.25, 0.3) is 0 Å². The number of anilines is 2. The quantitative estimate of drug-likeness (QED) is 0.855. The number of aryl methyl sites for hydroxylation is 1. The molecule has 0 spiro atoms. The van der Waals surface area contributed by atoms with Crippen molar-refractivity contribution >= 4 is 21.7 Å². The highest BCUT2D eigenvalue weighted by molar-refractivity contribution is 7.88. The van der Waals surface area contributed by atoms with Gasteiger partial charge in [0.1, 0.15) is 17.5 Å². The van der Waals surface area contributed by atoms with E-state index in [4.69, 9.17) is 0 Å². The lowest BCUT2D eigenvalue weighted by Gasteiger charge is -2.34. The molecule has 0 aliphatic carbocycles. The first kappa shape index (κ1) is 16.0. The second-order valence-electron chi connectivity index (χ2n) is 5.18. The smallest absolute Gasteiger partial charge is 0.211 e. The normalized spacial score (nSPS) is 17.0. The molecule has 1 aromatic rings. The molecule has 1 saturated heterocycles. The highest BCUT2D eigenvalue weighted by Crippen LogP contribution is 2.19. The molecule has 0 unspecified atom stereocenters. The summed E-state index contributed by atoms with van der Waals surface area (Å²) >= 11 is 0. The lowest BCUT2D eigenvalue weighted by atomic mass is 10.3. The molecule has 0 aromatic carbocycles. The van der Waals surface area contributed by atoms with Gasteiger partial charge < -0.3 is 10.2 Å². The molecule has 0 saturated carbocycles. The Bertz CT molecular complexity index is 582. The molecule has 7 nitrogen and oxygen atoms in total. The van der Waals surface area contributed by atoms with Crippen LogP contribution in [-0.4, -0.2) is 62.2 Å². The Labute approximate surface area is 126 Å². The largest absolute Gasteiger partial charge is 0.373 e. The molecule has 2 heterocycles. The van der Waals surface area contributed by atoms with Crippen molar-refractivity contribution in [2.24, 2.45) is 0 Å². The first-order valence-electron chi connectivity index (χ1n) is 7.20.